The molecule has 0 nitrogen and oxygen atoms in total. The van der Waals surface area contributed by atoms with Gasteiger partial charge in [-0.15, -0.1) is 0 Å². The van der Waals surface area contributed by atoms with Gasteiger partial charge in [-0.3, -0.25) is 0 Å². The van der Waals surface area contributed by atoms with Crippen molar-refractivity contribution in [1.82, 2.24) is 0 Å². The van der Waals surface area contributed by atoms with Crippen LogP contribution in [0, 0.1) is 17.5 Å². The molecule has 3 rings (SSSR count). The van der Waals surface area contributed by atoms with Gasteiger partial charge in [-0.1, -0.05) is 74.4 Å². The van der Waals surface area contributed by atoms with Gasteiger partial charge >= 0.3 is 0 Å². The van der Waals surface area contributed by atoms with Crippen molar-refractivity contribution in [3.8, 4) is 0 Å². The molecule has 0 bridgehead atoms. The Morgan fingerprint density at radius 1 is 0.615 bits per heavy atom. The number of halogens is 3. The normalized spacial score (nSPS) is 11.5. The van der Waals surface area contributed by atoms with E-state index < -0.39 is 23.6 Å². The Bertz CT molecular complexity index is 781. The van der Waals surface area contributed by atoms with E-state index in [1.54, 1.807) is 54.6 Å². The third-order valence-electron chi connectivity index (χ3n) is 5.30. The van der Waals surface area contributed by atoms with Gasteiger partial charge in [-0.05, 0) is 18.2 Å². The Kier molecular flexibility index (Phi) is 5.50. The lowest BCUT2D eigenvalue weighted by atomic mass is 9.13. The summed E-state index contributed by atoms with van der Waals surface area (Å²) in [7, 11) is 0. The predicted octanol–water partition coefficient (Wildman–Crippen LogP) is 4.37. The maximum Gasteiger partial charge on any atom is 0.0922 e. The third-order valence-corrected chi connectivity index (χ3v) is 5.30. The molecular formula is C22H21BF3-. The lowest BCUT2D eigenvalue weighted by molar-refractivity contribution is 0.628. The minimum atomic E-state index is -2.11. The minimum absolute atomic E-state index is 0.358. The number of unbranched alkanes of at least 4 members (excludes halogenated alkanes) is 1. The van der Waals surface area contributed by atoms with Crippen LogP contribution >= 0.6 is 0 Å². The van der Waals surface area contributed by atoms with E-state index >= 15 is 0 Å². The number of hydrogen-bond donors (Lipinski definition) is 0. The van der Waals surface area contributed by atoms with Crippen LogP contribution in [0.3, 0.4) is 0 Å². The summed E-state index contributed by atoms with van der Waals surface area (Å²) < 4.78 is 44.8. The van der Waals surface area contributed by atoms with E-state index in [4.69, 9.17) is 0 Å². The lowest BCUT2D eigenvalue weighted by Crippen LogP contribution is -2.69. The highest BCUT2D eigenvalue weighted by atomic mass is 19.1. The molecule has 3 aromatic rings. The molecule has 0 aliphatic rings. The summed E-state index contributed by atoms with van der Waals surface area (Å²) in [5.74, 6) is -1.31. The average Bonchev–Trinajstić information content (AvgIpc) is 2.65. The van der Waals surface area contributed by atoms with Gasteiger partial charge < -0.3 is 0 Å². The molecule has 3 aromatic carbocycles. The van der Waals surface area contributed by atoms with E-state index in [2.05, 4.69) is 0 Å². The highest BCUT2D eigenvalue weighted by Gasteiger charge is 2.35. The fourth-order valence-corrected chi connectivity index (χ4v) is 4.10. The van der Waals surface area contributed by atoms with Gasteiger partial charge in [0.25, 0.3) is 0 Å². The average molecular weight is 353 g/mol. The smallest absolute Gasteiger partial charge is 0.0922 e. The molecule has 0 N–H and O–H groups in total. The standard InChI is InChI=1S/C22H21BF3/c1-2-3-16-23(17-10-4-7-13-20(17)24,18-11-5-8-14-21(18)25)19-12-6-9-15-22(19)26/h4-15H,2-3,16H2,1H3/q-1. The van der Waals surface area contributed by atoms with Gasteiger partial charge in [-0.2, -0.15) is 22.7 Å². The zero-order valence-corrected chi connectivity index (χ0v) is 14.8. The molecule has 26 heavy (non-hydrogen) atoms. The number of benzene rings is 3. The molecule has 0 spiro atoms. The van der Waals surface area contributed by atoms with Crippen LogP contribution in [-0.4, -0.2) is 6.15 Å². The summed E-state index contributed by atoms with van der Waals surface area (Å²) in [4.78, 5) is 0. The summed E-state index contributed by atoms with van der Waals surface area (Å²) in [6.07, 6.45) is -0.0621. The van der Waals surface area contributed by atoms with Crippen LogP contribution in [0.5, 0.6) is 0 Å². The predicted molar refractivity (Wildman–Crippen MR) is 104 cm³/mol. The van der Waals surface area contributed by atoms with Crippen molar-refractivity contribution >= 4 is 22.5 Å². The van der Waals surface area contributed by atoms with Gasteiger partial charge in [0.2, 0.25) is 0 Å². The second-order valence-corrected chi connectivity index (χ2v) is 6.75. The van der Waals surface area contributed by atoms with Crippen molar-refractivity contribution in [3.05, 3.63) is 90.2 Å². The van der Waals surface area contributed by atoms with Crippen LogP contribution in [0.25, 0.3) is 0 Å². The van der Waals surface area contributed by atoms with Gasteiger partial charge in [0.05, 0.1) is 23.6 Å². The van der Waals surface area contributed by atoms with E-state index in [0.717, 1.165) is 12.8 Å². The van der Waals surface area contributed by atoms with Gasteiger partial charge in [0.15, 0.2) is 0 Å². The van der Waals surface area contributed by atoms with Crippen molar-refractivity contribution < 1.29 is 13.2 Å². The fourth-order valence-electron chi connectivity index (χ4n) is 4.10. The largest absolute Gasteiger partial charge is 0.210 e. The van der Waals surface area contributed by atoms with Crippen molar-refractivity contribution in [2.24, 2.45) is 0 Å². The first-order chi connectivity index (χ1) is 12.6. The summed E-state index contributed by atoms with van der Waals surface area (Å²) in [6.45, 7) is 2.02. The van der Waals surface area contributed by atoms with Crippen molar-refractivity contribution in [2.75, 3.05) is 0 Å². The second-order valence-electron chi connectivity index (χ2n) is 6.75. The molecule has 0 radical (unpaired) electrons. The molecule has 0 aromatic heterocycles. The molecule has 134 valence electrons. The molecular weight excluding hydrogens is 332 g/mol. The molecule has 0 heterocycles. The van der Waals surface area contributed by atoms with Gasteiger partial charge in [-0.25, -0.2) is 13.2 Å². The third kappa shape index (κ3) is 3.16. The van der Waals surface area contributed by atoms with E-state index in [0.29, 0.717) is 22.7 Å². The van der Waals surface area contributed by atoms with E-state index in [-0.39, 0.29) is 0 Å². The van der Waals surface area contributed by atoms with Crippen LogP contribution in [-0.2, 0) is 0 Å². The lowest BCUT2D eigenvalue weighted by Gasteiger charge is -2.43. The molecule has 0 aliphatic carbocycles. The number of rotatable bonds is 6. The quantitative estimate of drug-likeness (QED) is 0.577. The van der Waals surface area contributed by atoms with Crippen LogP contribution in [0.15, 0.2) is 72.8 Å². The Morgan fingerprint density at radius 2 is 0.962 bits per heavy atom. The van der Waals surface area contributed by atoms with E-state index in [1.807, 2.05) is 6.92 Å². The summed E-state index contributed by atoms with van der Waals surface area (Å²) in [5, 5.41) is 0. The Balaban J connectivity index is 2.41. The zero-order valence-electron chi connectivity index (χ0n) is 14.8. The van der Waals surface area contributed by atoms with E-state index in [9.17, 15) is 13.2 Å². The fraction of sp³-hybridized carbons (Fsp3) is 0.182. The highest BCUT2D eigenvalue weighted by Crippen LogP contribution is 2.20. The zero-order chi connectivity index (χ0) is 18.6. The molecule has 0 saturated carbocycles. The minimum Gasteiger partial charge on any atom is -0.210 e. The molecule has 0 aliphatic heterocycles. The molecule has 0 fully saturated rings. The first kappa shape index (κ1) is 18.3. The molecule has 0 atom stereocenters. The summed E-state index contributed by atoms with van der Waals surface area (Å²) in [6, 6.07) is 19.0. The first-order valence-electron chi connectivity index (χ1n) is 9.03. The monoisotopic (exact) mass is 353 g/mol. The van der Waals surface area contributed by atoms with Crippen LogP contribution in [0.2, 0.25) is 6.32 Å². The Morgan fingerprint density at radius 3 is 1.27 bits per heavy atom. The molecule has 0 saturated heterocycles. The summed E-state index contributed by atoms with van der Waals surface area (Å²) in [5.41, 5.74) is 1.07. The van der Waals surface area contributed by atoms with Crippen LogP contribution < -0.4 is 16.4 Å². The van der Waals surface area contributed by atoms with Gasteiger partial charge in [0.1, 0.15) is 0 Å². The summed E-state index contributed by atoms with van der Waals surface area (Å²) >= 11 is 0. The molecule has 4 heteroatoms. The van der Waals surface area contributed by atoms with Crippen LogP contribution in [0.4, 0.5) is 13.2 Å². The Labute approximate surface area is 152 Å². The highest BCUT2D eigenvalue weighted by molar-refractivity contribution is 7.11. The first-order valence-corrected chi connectivity index (χ1v) is 9.03. The second kappa shape index (κ2) is 7.82. The Hall–Kier alpha value is -2.49. The molecule has 0 amide bonds. The number of hydrogen-bond acceptors (Lipinski definition) is 0. The van der Waals surface area contributed by atoms with Gasteiger partial charge in [0, 0.05) is 0 Å². The van der Waals surface area contributed by atoms with Crippen molar-refractivity contribution in [1.29, 1.82) is 0 Å². The topological polar surface area (TPSA) is 0 Å². The van der Waals surface area contributed by atoms with E-state index in [1.165, 1.54) is 18.2 Å². The van der Waals surface area contributed by atoms with Crippen LogP contribution in [0.1, 0.15) is 19.8 Å². The van der Waals surface area contributed by atoms with Crippen molar-refractivity contribution in [2.45, 2.75) is 26.1 Å². The maximum atomic E-state index is 14.9. The van der Waals surface area contributed by atoms with Crippen molar-refractivity contribution in [3.63, 3.8) is 0 Å². The molecule has 0 unspecified atom stereocenters. The maximum absolute atomic E-state index is 14.9. The SMILES string of the molecule is CCCC[B-](c1ccccc1F)(c1ccccc1F)c1ccccc1F.